The zero-order valence-electron chi connectivity index (χ0n) is 14.7. The van der Waals surface area contributed by atoms with Gasteiger partial charge in [0.1, 0.15) is 5.69 Å². The fraction of sp³-hybridized carbons (Fsp3) is 0.706. The molecule has 3 rings (SSSR count). The summed E-state index contributed by atoms with van der Waals surface area (Å²) < 4.78 is 1.63. The third kappa shape index (κ3) is 2.81. The Morgan fingerprint density at radius 1 is 1.33 bits per heavy atom. The maximum absolute atomic E-state index is 12.5. The molecule has 0 aromatic carbocycles. The number of aryl methyl sites for hydroxylation is 1. The SMILES string of the molecule is CC(=O)N1CC2(CCN(C(=O)c3ccn(C)n3)CC2)C[C@@]1(C)CO. The highest BCUT2D eigenvalue weighted by atomic mass is 16.3. The smallest absolute Gasteiger partial charge is 0.274 e. The lowest BCUT2D eigenvalue weighted by Crippen LogP contribution is -2.46. The van der Waals surface area contributed by atoms with Crippen molar-refractivity contribution in [2.75, 3.05) is 26.2 Å². The van der Waals surface area contributed by atoms with Gasteiger partial charge in [0.15, 0.2) is 0 Å². The maximum Gasteiger partial charge on any atom is 0.274 e. The largest absolute Gasteiger partial charge is 0.394 e. The summed E-state index contributed by atoms with van der Waals surface area (Å²) in [6.07, 6.45) is 4.27. The van der Waals surface area contributed by atoms with Crippen LogP contribution in [0.3, 0.4) is 0 Å². The number of aromatic nitrogens is 2. The van der Waals surface area contributed by atoms with Gasteiger partial charge >= 0.3 is 0 Å². The number of rotatable bonds is 2. The van der Waals surface area contributed by atoms with Gasteiger partial charge in [0, 0.05) is 39.8 Å². The summed E-state index contributed by atoms with van der Waals surface area (Å²) in [6, 6.07) is 1.74. The van der Waals surface area contributed by atoms with Crippen molar-refractivity contribution in [2.24, 2.45) is 12.5 Å². The molecular formula is C17H26N4O3. The predicted molar refractivity (Wildman–Crippen MR) is 88.3 cm³/mol. The van der Waals surface area contributed by atoms with Gasteiger partial charge in [-0.1, -0.05) is 0 Å². The van der Waals surface area contributed by atoms with E-state index in [0.29, 0.717) is 25.3 Å². The number of aliphatic hydroxyl groups is 1. The molecule has 24 heavy (non-hydrogen) atoms. The van der Waals surface area contributed by atoms with E-state index in [-0.39, 0.29) is 23.8 Å². The fourth-order valence-electron chi connectivity index (χ4n) is 4.33. The third-order valence-electron chi connectivity index (χ3n) is 5.67. The lowest BCUT2D eigenvalue weighted by atomic mass is 9.74. The molecule has 3 heterocycles. The summed E-state index contributed by atoms with van der Waals surface area (Å²) in [5.41, 5.74) is -0.00584. The van der Waals surface area contributed by atoms with Crippen molar-refractivity contribution in [2.45, 2.75) is 38.6 Å². The average molecular weight is 334 g/mol. The van der Waals surface area contributed by atoms with E-state index in [9.17, 15) is 14.7 Å². The number of amides is 2. The molecule has 2 amide bonds. The number of likely N-dealkylation sites (tertiary alicyclic amines) is 2. The van der Waals surface area contributed by atoms with Crippen LogP contribution in [0.15, 0.2) is 12.3 Å². The highest BCUT2D eigenvalue weighted by Gasteiger charge is 2.52. The second-order valence-electron chi connectivity index (χ2n) is 7.60. The number of carbonyl (C=O) groups excluding carboxylic acids is 2. The molecule has 0 saturated carbocycles. The van der Waals surface area contributed by atoms with Gasteiger partial charge < -0.3 is 14.9 Å². The first kappa shape index (κ1) is 17.0. The minimum Gasteiger partial charge on any atom is -0.394 e. The van der Waals surface area contributed by atoms with E-state index in [4.69, 9.17) is 0 Å². The normalized spacial score (nSPS) is 26.2. The average Bonchev–Trinajstić information content (AvgIpc) is 3.10. The Kier molecular flexibility index (Phi) is 4.15. The van der Waals surface area contributed by atoms with Crippen LogP contribution in [0.2, 0.25) is 0 Å². The summed E-state index contributed by atoms with van der Waals surface area (Å²) in [5.74, 6) is -0.0211. The summed E-state index contributed by atoms with van der Waals surface area (Å²) in [6.45, 7) is 5.50. The van der Waals surface area contributed by atoms with Crippen LogP contribution in [-0.4, -0.2) is 68.3 Å². The summed E-state index contributed by atoms with van der Waals surface area (Å²) in [7, 11) is 1.80. The molecule has 1 atom stereocenters. The van der Waals surface area contributed by atoms with Gasteiger partial charge in [-0.25, -0.2) is 0 Å². The molecule has 0 aliphatic carbocycles. The van der Waals surface area contributed by atoms with Gasteiger partial charge in [0.2, 0.25) is 5.91 Å². The Hall–Kier alpha value is -1.89. The van der Waals surface area contributed by atoms with Crippen LogP contribution in [0.4, 0.5) is 0 Å². The molecule has 1 N–H and O–H groups in total. The molecule has 7 nitrogen and oxygen atoms in total. The first-order chi connectivity index (χ1) is 11.3. The molecule has 2 fully saturated rings. The van der Waals surface area contributed by atoms with Crippen LogP contribution in [0.1, 0.15) is 43.6 Å². The molecule has 0 radical (unpaired) electrons. The first-order valence-corrected chi connectivity index (χ1v) is 8.47. The van der Waals surface area contributed by atoms with Crippen molar-refractivity contribution in [1.29, 1.82) is 0 Å². The molecule has 132 valence electrons. The van der Waals surface area contributed by atoms with E-state index in [2.05, 4.69) is 5.10 Å². The van der Waals surface area contributed by atoms with Crippen molar-refractivity contribution in [3.05, 3.63) is 18.0 Å². The van der Waals surface area contributed by atoms with E-state index in [1.54, 1.807) is 30.9 Å². The Bertz CT molecular complexity index is 648. The fourth-order valence-corrected chi connectivity index (χ4v) is 4.33. The summed E-state index contributed by atoms with van der Waals surface area (Å²) in [4.78, 5) is 28.1. The van der Waals surface area contributed by atoms with Crippen molar-refractivity contribution < 1.29 is 14.7 Å². The van der Waals surface area contributed by atoms with Gasteiger partial charge in [-0.2, -0.15) is 5.10 Å². The zero-order valence-corrected chi connectivity index (χ0v) is 14.7. The van der Waals surface area contributed by atoms with Crippen molar-refractivity contribution in [1.82, 2.24) is 19.6 Å². The predicted octanol–water partition coefficient (Wildman–Crippen LogP) is 0.646. The van der Waals surface area contributed by atoms with E-state index >= 15 is 0 Å². The molecule has 0 bridgehead atoms. The van der Waals surface area contributed by atoms with Crippen LogP contribution >= 0.6 is 0 Å². The van der Waals surface area contributed by atoms with E-state index < -0.39 is 5.54 Å². The van der Waals surface area contributed by atoms with Gasteiger partial charge in [-0.3, -0.25) is 14.3 Å². The first-order valence-electron chi connectivity index (χ1n) is 8.47. The van der Waals surface area contributed by atoms with Gasteiger partial charge in [0.05, 0.1) is 12.1 Å². The number of hydrogen-bond donors (Lipinski definition) is 1. The lowest BCUT2D eigenvalue weighted by molar-refractivity contribution is -0.134. The third-order valence-corrected chi connectivity index (χ3v) is 5.67. The van der Waals surface area contributed by atoms with Crippen LogP contribution < -0.4 is 0 Å². The molecule has 2 aliphatic rings. The monoisotopic (exact) mass is 334 g/mol. The Labute approximate surface area is 142 Å². The zero-order chi connectivity index (χ0) is 17.5. The van der Waals surface area contributed by atoms with Gasteiger partial charge in [-0.05, 0) is 37.7 Å². The minimum atomic E-state index is -0.487. The van der Waals surface area contributed by atoms with E-state index in [0.717, 1.165) is 19.3 Å². The molecule has 1 aromatic rings. The minimum absolute atomic E-state index is 0.00401. The van der Waals surface area contributed by atoms with Gasteiger partial charge in [-0.15, -0.1) is 0 Å². The Morgan fingerprint density at radius 2 is 2.00 bits per heavy atom. The molecule has 1 aromatic heterocycles. The number of hydrogen-bond acceptors (Lipinski definition) is 4. The number of aliphatic hydroxyl groups excluding tert-OH is 1. The second-order valence-corrected chi connectivity index (χ2v) is 7.60. The van der Waals surface area contributed by atoms with Crippen molar-refractivity contribution in [3.63, 3.8) is 0 Å². The Balaban J connectivity index is 1.69. The van der Waals surface area contributed by atoms with Crippen LogP contribution in [-0.2, 0) is 11.8 Å². The molecule has 1 spiro atoms. The highest BCUT2D eigenvalue weighted by Crippen LogP contribution is 2.48. The van der Waals surface area contributed by atoms with Crippen molar-refractivity contribution in [3.8, 4) is 0 Å². The standard InChI is InChI=1S/C17H26N4O3/c1-13(23)21-11-17(10-16(21,2)12-22)5-8-20(9-6-17)15(24)14-4-7-19(3)18-14/h4,7,22H,5-6,8-12H2,1-3H3/t16-/m0/s1. The van der Waals surface area contributed by atoms with Crippen LogP contribution in [0.25, 0.3) is 0 Å². The molecule has 0 unspecified atom stereocenters. The molecule has 7 heteroatoms. The molecular weight excluding hydrogens is 308 g/mol. The van der Waals surface area contributed by atoms with E-state index in [1.165, 1.54) is 0 Å². The summed E-state index contributed by atoms with van der Waals surface area (Å²) >= 11 is 0. The molecule has 2 saturated heterocycles. The Morgan fingerprint density at radius 3 is 2.46 bits per heavy atom. The molecule has 2 aliphatic heterocycles. The van der Waals surface area contributed by atoms with Crippen LogP contribution in [0.5, 0.6) is 0 Å². The highest BCUT2D eigenvalue weighted by molar-refractivity contribution is 5.92. The number of carbonyl (C=O) groups is 2. The maximum atomic E-state index is 12.5. The van der Waals surface area contributed by atoms with E-state index in [1.807, 2.05) is 16.7 Å². The number of piperidine rings is 1. The van der Waals surface area contributed by atoms with Crippen LogP contribution in [0, 0.1) is 5.41 Å². The van der Waals surface area contributed by atoms with Crippen molar-refractivity contribution >= 4 is 11.8 Å². The topological polar surface area (TPSA) is 78.7 Å². The lowest BCUT2D eigenvalue weighted by Gasteiger charge is -2.39. The summed E-state index contributed by atoms with van der Waals surface area (Å²) in [5, 5.41) is 14.0. The quantitative estimate of drug-likeness (QED) is 0.861. The number of nitrogens with zero attached hydrogens (tertiary/aromatic N) is 4. The van der Waals surface area contributed by atoms with Gasteiger partial charge in [0.25, 0.3) is 5.91 Å². The second kappa shape index (κ2) is 5.88.